The van der Waals surface area contributed by atoms with E-state index < -0.39 is 27.3 Å². The monoisotopic (exact) mass is 334 g/mol. The van der Waals surface area contributed by atoms with Crippen LogP contribution in [0.4, 0.5) is 4.39 Å². The average Bonchev–Trinajstić information content (AvgIpc) is 2.42. The minimum absolute atomic E-state index is 0.170. The molecule has 1 fully saturated rings. The summed E-state index contributed by atoms with van der Waals surface area (Å²) in [5, 5.41) is 11.0. The molecule has 1 N–H and O–H groups in total. The first-order valence-electron chi connectivity index (χ1n) is 6.47. The Morgan fingerprint density at radius 1 is 1.29 bits per heavy atom. The number of carbonyl (C=O) groups is 1. The fourth-order valence-corrected chi connectivity index (χ4v) is 4.15. The number of carboxylic acids is 1. The summed E-state index contributed by atoms with van der Waals surface area (Å²) in [6.07, 6.45) is 2.38. The van der Waals surface area contributed by atoms with Crippen LogP contribution in [0.5, 0.6) is 0 Å². The van der Waals surface area contributed by atoms with Crippen molar-refractivity contribution in [3.05, 3.63) is 29.0 Å². The summed E-state index contributed by atoms with van der Waals surface area (Å²) in [7, 11) is -4.12. The zero-order valence-corrected chi connectivity index (χ0v) is 12.6. The van der Waals surface area contributed by atoms with E-state index in [0.29, 0.717) is 12.8 Å². The number of sulfonamides is 1. The van der Waals surface area contributed by atoms with Crippen molar-refractivity contribution in [2.45, 2.75) is 42.5 Å². The van der Waals surface area contributed by atoms with E-state index in [1.807, 2.05) is 0 Å². The number of hydrogen-bond donors (Lipinski definition) is 1. The predicted octanol–water partition coefficient (Wildman–Crippen LogP) is 1.21. The van der Waals surface area contributed by atoms with Crippen LogP contribution in [-0.2, 0) is 14.8 Å². The standard InChI is InChI=1S/C13H15ClFNO4S/c14-10-8-9(4-5-11(10)15)21(19,20)16-13(12(17)18)6-2-1-3-7-13/h4-5,8,16H,1-3,6-7H2,(H,17,18)/p-1. The molecule has 0 heterocycles. The van der Waals surface area contributed by atoms with Gasteiger partial charge >= 0.3 is 0 Å². The largest absolute Gasteiger partial charge is 0.548 e. The third-order valence-corrected chi connectivity index (χ3v) is 5.45. The summed E-state index contributed by atoms with van der Waals surface area (Å²) in [4.78, 5) is 11.1. The zero-order chi connectivity index (χ0) is 15.7. The number of benzene rings is 1. The molecule has 0 amide bonds. The minimum atomic E-state index is -4.12. The van der Waals surface area contributed by atoms with E-state index in [4.69, 9.17) is 11.6 Å². The lowest BCUT2D eigenvalue weighted by atomic mass is 9.83. The molecule has 0 bridgehead atoms. The van der Waals surface area contributed by atoms with Crippen LogP contribution in [-0.4, -0.2) is 19.9 Å². The van der Waals surface area contributed by atoms with Crippen molar-refractivity contribution in [3.8, 4) is 0 Å². The highest BCUT2D eigenvalue weighted by molar-refractivity contribution is 7.89. The molecule has 1 aliphatic rings. The van der Waals surface area contributed by atoms with Gasteiger partial charge in [-0.15, -0.1) is 0 Å². The zero-order valence-electron chi connectivity index (χ0n) is 11.1. The lowest BCUT2D eigenvalue weighted by molar-refractivity contribution is -0.314. The van der Waals surface area contributed by atoms with E-state index in [0.717, 1.165) is 24.6 Å². The molecule has 1 aromatic rings. The number of halogens is 2. The van der Waals surface area contributed by atoms with Crippen LogP contribution < -0.4 is 9.83 Å². The van der Waals surface area contributed by atoms with Crippen LogP contribution in [0.3, 0.4) is 0 Å². The third kappa shape index (κ3) is 3.36. The molecule has 21 heavy (non-hydrogen) atoms. The maximum absolute atomic E-state index is 13.1. The van der Waals surface area contributed by atoms with E-state index in [-0.39, 0.29) is 22.8 Å². The Hall–Kier alpha value is -1.18. The molecular weight excluding hydrogens is 321 g/mol. The van der Waals surface area contributed by atoms with Gasteiger partial charge in [0, 0.05) is 0 Å². The molecule has 0 spiro atoms. The summed E-state index contributed by atoms with van der Waals surface area (Å²) >= 11 is 5.56. The van der Waals surface area contributed by atoms with Crippen molar-refractivity contribution < 1.29 is 22.7 Å². The minimum Gasteiger partial charge on any atom is -0.548 e. The second kappa shape index (κ2) is 5.90. The van der Waals surface area contributed by atoms with Crippen molar-refractivity contribution in [1.29, 1.82) is 0 Å². The fourth-order valence-electron chi connectivity index (χ4n) is 2.46. The smallest absolute Gasteiger partial charge is 0.241 e. The lowest BCUT2D eigenvalue weighted by Gasteiger charge is -2.38. The van der Waals surface area contributed by atoms with Crippen LogP contribution in [0.2, 0.25) is 5.02 Å². The Labute approximate surface area is 127 Å². The van der Waals surface area contributed by atoms with Crippen LogP contribution in [0, 0.1) is 5.82 Å². The quantitative estimate of drug-likeness (QED) is 0.896. The summed E-state index contributed by atoms with van der Waals surface area (Å²) in [5.74, 6) is -2.19. The van der Waals surface area contributed by atoms with Gasteiger partial charge in [-0.1, -0.05) is 30.9 Å². The molecule has 0 radical (unpaired) electrons. The highest BCUT2D eigenvalue weighted by Gasteiger charge is 2.38. The first kappa shape index (κ1) is 16.2. The van der Waals surface area contributed by atoms with Gasteiger partial charge in [0.2, 0.25) is 10.0 Å². The summed E-state index contributed by atoms with van der Waals surface area (Å²) in [6.45, 7) is 0. The van der Waals surface area contributed by atoms with Gasteiger partial charge in [0.1, 0.15) is 5.82 Å². The second-order valence-electron chi connectivity index (χ2n) is 5.11. The molecular formula is C13H14ClFNO4S-. The lowest BCUT2D eigenvalue weighted by Crippen LogP contribution is -2.60. The molecule has 0 atom stereocenters. The molecule has 0 saturated heterocycles. The number of carbonyl (C=O) groups excluding carboxylic acids is 1. The molecule has 0 aromatic heterocycles. The molecule has 2 rings (SSSR count). The molecule has 1 aliphatic carbocycles. The molecule has 1 saturated carbocycles. The first-order valence-corrected chi connectivity index (χ1v) is 8.33. The third-order valence-electron chi connectivity index (χ3n) is 3.63. The maximum Gasteiger partial charge on any atom is 0.241 e. The number of aliphatic carboxylic acids is 1. The highest BCUT2D eigenvalue weighted by Crippen LogP contribution is 2.30. The van der Waals surface area contributed by atoms with Gasteiger partial charge in [-0.3, -0.25) is 0 Å². The number of rotatable bonds is 4. The van der Waals surface area contributed by atoms with Gasteiger partial charge < -0.3 is 9.90 Å². The van der Waals surface area contributed by atoms with Crippen LogP contribution in [0.1, 0.15) is 32.1 Å². The Balaban J connectivity index is 2.34. The van der Waals surface area contributed by atoms with E-state index in [1.54, 1.807) is 0 Å². The van der Waals surface area contributed by atoms with E-state index in [2.05, 4.69) is 4.72 Å². The molecule has 5 nitrogen and oxygen atoms in total. The van der Waals surface area contributed by atoms with Crippen molar-refractivity contribution >= 4 is 27.6 Å². The van der Waals surface area contributed by atoms with Gasteiger partial charge in [0.25, 0.3) is 0 Å². The fraction of sp³-hybridized carbons (Fsp3) is 0.462. The number of carboxylic acid groups (broad SMARTS) is 1. The van der Waals surface area contributed by atoms with Gasteiger partial charge in [-0.05, 0) is 31.0 Å². The Kier molecular flexibility index (Phi) is 4.55. The Bertz CT molecular complexity index is 656. The van der Waals surface area contributed by atoms with Crippen LogP contribution in [0.15, 0.2) is 23.1 Å². The predicted molar refractivity (Wildman–Crippen MR) is 72.6 cm³/mol. The second-order valence-corrected chi connectivity index (χ2v) is 7.20. The van der Waals surface area contributed by atoms with Gasteiger partial charge in [0.05, 0.1) is 21.4 Å². The van der Waals surface area contributed by atoms with Crippen molar-refractivity contribution in [3.63, 3.8) is 0 Å². The maximum atomic E-state index is 13.1. The highest BCUT2D eigenvalue weighted by atomic mass is 35.5. The summed E-state index contributed by atoms with van der Waals surface area (Å²) in [5.41, 5.74) is -1.61. The van der Waals surface area contributed by atoms with Crippen LogP contribution >= 0.6 is 11.6 Å². The molecule has 0 unspecified atom stereocenters. The van der Waals surface area contributed by atoms with Crippen molar-refractivity contribution in [2.75, 3.05) is 0 Å². The van der Waals surface area contributed by atoms with Gasteiger partial charge in [-0.2, -0.15) is 4.72 Å². The first-order chi connectivity index (χ1) is 9.77. The van der Waals surface area contributed by atoms with Gasteiger partial charge in [-0.25, -0.2) is 12.8 Å². The molecule has 116 valence electrons. The normalized spacial score (nSPS) is 18.4. The Morgan fingerprint density at radius 2 is 1.90 bits per heavy atom. The van der Waals surface area contributed by atoms with Crippen molar-refractivity contribution in [2.24, 2.45) is 0 Å². The molecule has 8 heteroatoms. The molecule has 1 aromatic carbocycles. The van der Waals surface area contributed by atoms with E-state index in [1.165, 1.54) is 0 Å². The van der Waals surface area contributed by atoms with Crippen molar-refractivity contribution in [1.82, 2.24) is 4.72 Å². The number of nitrogens with one attached hydrogen (secondary N) is 1. The van der Waals surface area contributed by atoms with Gasteiger partial charge in [0.15, 0.2) is 0 Å². The van der Waals surface area contributed by atoms with E-state index in [9.17, 15) is 22.7 Å². The summed E-state index contributed by atoms with van der Waals surface area (Å²) < 4.78 is 39.9. The number of hydrogen-bond acceptors (Lipinski definition) is 4. The average molecular weight is 335 g/mol. The topological polar surface area (TPSA) is 86.3 Å². The Morgan fingerprint density at radius 3 is 2.43 bits per heavy atom. The van der Waals surface area contributed by atoms with Crippen LogP contribution in [0.25, 0.3) is 0 Å². The molecule has 0 aliphatic heterocycles. The summed E-state index contributed by atoms with van der Waals surface area (Å²) in [6, 6.07) is 2.91. The van der Waals surface area contributed by atoms with E-state index >= 15 is 0 Å². The SMILES string of the molecule is O=C([O-])C1(NS(=O)(=O)c2ccc(F)c(Cl)c2)CCCCC1.